The number of aliphatic carboxylic acids is 1. The van der Waals surface area contributed by atoms with E-state index in [1.54, 1.807) is 29.2 Å². The molecule has 0 aromatic heterocycles. The summed E-state index contributed by atoms with van der Waals surface area (Å²) < 4.78 is 0. The van der Waals surface area contributed by atoms with E-state index in [-0.39, 0.29) is 24.5 Å². The number of hydrogen-bond donors (Lipinski definition) is 1. The van der Waals surface area contributed by atoms with Gasteiger partial charge in [0.15, 0.2) is 5.78 Å². The van der Waals surface area contributed by atoms with Crippen LogP contribution in [0.1, 0.15) is 49.7 Å². The van der Waals surface area contributed by atoms with Gasteiger partial charge in [-0.15, -0.1) is 0 Å². The number of hydrogen-bond acceptors (Lipinski definition) is 3. The maximum absolute atomic E-state index is 13.6. The third-order valence-corrected chi connectivity index (χ3v) is 6.47. The van der Waals surface area contributed by atoms with Gasteiger partial charge in [-0.2, -0.15) is 0 Å². The Kier molecular flexibility index (Phi) is 7.01. The molecule has 1 aliphatic heterocycles. The first-order valence-corrected chi connectivity index (χ1v) is 11.7. The highest BCUT2D eigenvalue weighted by Crippen LogP contribution is 2.46. The zero-order valence-electron chi connectivity index (χ0n) is 17.9. The summed E-state index contributed by atoms with van der Waals surface area (Å²) in [4.78, 5) is 39.1. The summed E-state index contributed by atoms with van der Waals surface area (Å²) in [6.07, 6.45) is 3.23. The molecule has 0 saturated heterocycles. The fourth-order valence-corrected chi connectivity index (χ4v) is 4.66. The van der Waals surface area contributed by atoms with E-state index < -0.39 is 5.97 Å². The summed E-state index contributed by atoms with van der Waals surface area (Å²) >= 11 is 12.1. The Bertz CT molecular complexity index is 1160. The number of allylic oxidation sites excluding steroid dienone is 1. The smallest absolute Gasteiger partial charge is 0.303 e. The molecule has 0 unspecified atom stereocenters. The van der Waals surface area contributed by atoms with Crippen LogP contribution in [0.15, 0.2) is 59.7 Å². The average Bonchev–Trinajstić information content (AvgIpc) is 3.27. The molecule has 2 aromatic carbocycles. The molecule has 0 fully saturated rings. The molecule has 33 heavy (non-hydrogen) atoms. The van der Waals surface area contributed by atoms with Crippen molar-refractivity contribution in [1.82, 2.24) is 4.90 Å². The molecule has 4 rings (SSSR count). The molecule has 1 amide bonds. The lowest BCUT2D eigenvalue weighted by molar-refractivity contribution is -0.137. The molecule has 0 atom stereocenters. The van der Waals surface area contributed by atoms with E-state index in [0.717, 1.165) is 29.5 Å². The van der Waals surface area contributed by atoms with Gasteiger partial charge in [0.2, 0.25) is 0 Å². The SMILES string of the molecule is O=C(O)CCCCCCN1C(=O)C2=C(c3ccc(Cl)cc3)CC(=O)C2=C1c1ccc(Cl)cc1. The van der Waals surface area contributed by atoms with Crippen LogP contribution in [0.3, 0.4) is 0 Å². The topological polar surface area (TPSA) is 74.7 Å². The molecule has 170 valence electrons. The van der Waals surface area contributed by atoms with E-state index in [0.29, 0.717) is 46.3 Å². The molecule has 7 heteroatoms. The Morgan fingerprint density at radius 1 is 0.818 bits per heavy atom. The van der Waals surface area contributed by atoms with Crippen LogP contribution >= 0.6 is 23.2 Å². The first kappa shape index (κ1) is 23.3. The summed E-state index contributed by atoms with van der Waals surface area (Å²) in [5.74, 6) is -1.04. The van der Waals surface area contributed by atoms with Crippen molar-refractivity contribution in [3.63, 3.8) is 0 Å². The van der Waals surface area contributed by atoms with Crippen molar-refractivity contribution in [2.75, 3.05) is 6.54 Å². The first-order chi connectivity index (χ1) is 15.9. The number of nitrogens with zero attached hydrogens (tertiary/aromatic N) is 1. The standard InChI is InChI=1S/C26H23Cl2NO4/c27-18-10-6-16(7-11-18)20-15-21(30)24-23(20)26(33)29(14-4-2-1-3-5-22(31)32)25(24)17-8-12-19(28)13-9-17/h6-13H,1-5,14-15H2,(H,31,32). The Hall–Kier alpha value is -2.89. The van der Waals surface area contributed by atoms with E-state index >= 15 is 0 Å². The number of amides is 1. The highest BCUT2D eigenvalue weighted by Gasteiger charge is 2.44. The summed E-state index contributed by atoms with van der Waals surface area (Å²) in [6, 6.07) is 14.3. The van der Waals surface area contributed by atoms with Crippen molar-refractivity contribution < 1.29 is 19.5 Å². The number of carbonyl (C=O) groups is 3. The number of halogens is 2. The number of benzene rings is 2. The molecule has 0 radical (unpaired) electrons. The second-order valence-electron chi connectivity index (χ2n) is 8.21. The maximum atomic E-state index is 13.6. The van der Waals surface area contributed by atoms with Crippen molar-refractivity contribution in [3.8, 4) is 0 Å². The van der Waals surface area contributed by atoms with Crippen molar-refractivity contribution in [2.45, 2.75) is 38.5 Å². The van der Waals surface area contributed by atoms with Gasteiger partial charge in [-0.1, -0.05) is 60.3 Å². The lowest BCUT2D eigenvalue weighted by Gasteiger charge is -2.21. The lowest BCUT2D eigenvalue weighted by atomic mass is 10.0. The normalized spacial score (nSPS) is 15.6. The van der Waals surface area contributed by atoms with Gasteiger partial charge in [-0.3, -0.25) is 14.4 Å². The Labute approximate surface area is 202 Å². The van der Waals surface area contributed by atoms with Crippen LogP contribution < -0.4 is 0 Å². The van der Waals surface area contributed by atoms with E-state index in [1.807, 2.05) is 24.3 Å². The first-order valence-electron chi connectivity index (χ1n) is 10.9. The minimum atomic E-state index is -0.799. The number of carbonyl (C=O) groups excluding carboxylic acids is 2. The minimum absolute atomic E-state index is 0.0720. The second-order valence-corrected chi connectivity index (χ2v) is 9.08. The summed E-state index contributed by atoms with van der Waals surface area (Å²) in [6.45, 7) is 0.456. The molecule has 1 heterocycles. The fourth-order valence-electron chi connectivity index (χ4n) is 4.40. The molecular weight excluding hydrogens is 461 g/mol. The molecule has 2 aromatic rings. The summed E-state index contributed by atoms with van der Waals surface area (Å²) in [5, 5.41) is 9.96. The molecule has 0 bridgehead atoms. The third kappa shape index (κ3) is 4.90. The van der Waals surface area contributed by atoms with Gasteiger partial charge in [0, 0.05) is 29.4 Å². The van der Waals surface area contributed by atoms with Gasteiger partial charge >= 0.3 is 5.97 Å². The van der Waals surface area contributed by atoms with Crippen molar-refractivity contribution in [1.29, 1.82) is 0 Å². The number of rotatable bonds is 9. The van der Waals surface area contributed by atoms with Crippen LogP contribution in [0, 0.1) is 0 Å². The van der Waals surface area contributed by atoms with Gasteiger partial charge in [0.05, 0.1) is 16.8 Å². The molecule has 5 nitrogen and oxygen atoms in total. The third-order valence-electron chi connectivity index (χ3n) is 5.97. The highest BCUT2D eigenvalue weighted by atomic mass is 35.5. The van der Waals surface area contributed by atoms with Crippen LogP contribution in [0.5, 0.6) is 0 Å². The highest BCUT2D eigenvalue weighted by molar-refractivity contribution is 6.32. The molecule has 0 saturated carbocycles. The molecule has 2 aliphatic rings. The van der Waals surface area contributed by atoms with Crippen LogP contribution in [0.4, 0.5) is 0 Å². The van der Waals surface area contributed by atoms with E-state index in [9.17, 15) is 14.4 Å². The number of carboxylic acids is 1. The van der Waals surface area contributed by atoms with Crippen LogP contribution in [-0.4, -0.2) is 34.2 Å². The predicted molar refractivity (Wildman–Crippen MR) is 129 cm³/mol. The molecule has 1 aliphatic carbocycles. The monoisotopic (exact) mass is 483 g/mol. The van der Waals surface area contributed by atoms with Crippen LogP contribution in [0.25, 0.3) is 11.3 Å². The van der Waals surface area contributed by atoms with E-state index in [1.165, 1.54) is 0 Å². The zero-order chi connectivity index (χ0) is 23.5. The quantitative estimate of drug-likeness (QED) is 0.443. The van der Waals surface area contributed by atoms with E-state index in [2.05, 4.69) is 0 Å². The lowest BCUT2D eigenvalue weighted by Crippen LogP contribution is -2.27. The Balaban J connectivity index is 1.67. The zero-order valence-corrected chi connectivity index (χ0v) is 19.5. The fraction of sp³-hybridized carbons (Fsp3) is 0.269. The Morgan fingerprint density at radius 3 is 2.00 bits per heavy atom. The number of unbranched alkanes of at least 4 members (excludes halogenated alkanes) is 3. The van der Waals surface area contributed by atoms with Gasteiger partial charge in [0.1, 0.15) is 0 Å². The second kappa shape index (κ2) is 9.94. The number of ketones is 1. The number of Topliss-reactive ketones (excluding diaryl/α,β-unsaturated/α-hetero) is 1. The van der Waals surface area contributed by atoms with Gasteiger partial charge < -0.3 is 10.0 Å². The predicted octanol–water partition coefficient (Wildman–Crippen LogP) is 6.01. The van der Waals surface area contributed by atoms with Crippen molar-refractivity contribution in [3.05, 3.63) is 80.8 Å². The van der Waals surface area contributed by atoms with Crippen LogP contribution in [0.2, 0.25) is 10.0 Å². The molecule has 1 N–H and O–H groups in total. The maximum Gasteiger partial charge on any atom is 0.303 e. The number of fused-ring (bicyclic) bond motifs is 1. The Morgan fingerprint density at radius 2 is 1.39 bits per heavy atom. The summed E-state index contributed by atoms with van der Waals surface area (Å²) in [7, 11) is 0. The molecule has 0 spiro atoms. The van der Waals surface area contributed by atoms with Crippen LogP contribution in [-0.2, 0) is 14.4 Å². The van der Waals surface area contributed by atoms with Gasteiger partial charge in [-0.05, 0) is 53.8 Å². The van der Waals surface area contributed by atoms with Crippen molar-refractivity contribution in [2.24, 2.45) is 0 Å². The van der Waals surface area contributed by atoms with Gasteiger partial charge in [0.25, 0.3) is 5.91 Å². The number of carboxylic acid groups (broad SMARTS) is 1. The molecular formula is C26H23Cl2NO4. The largest absolute Gasteiger partial charge is 0.481 e. The van der Waals surface area contributed by atoms with E-state index in [4.69, 9.17) is 28.3 Å². The summed E-state index contributed by atoms with van der Waals surface area (Å²) in [5.41, 5.74) is 3.89. The minimum Gasteiger partial charge on any atom is -0.481 e. The van der Waals surface area contributed by atoms with Gasteiger partial charge in [-0.25, -0.2) is 0 Å². The van der Waals surface area contributed by atoms with Crippen molar-refractivity contribution >= 4 is 52.1 Å². The average molecular weight is 484 g/mol.